The van der Waals surface area contributed by atoms with Crippen LogP contribution in [0.4, 0.5) is 23.2 Å². The Labute approximate surface area is 195 Å². The predicted octanol–water partition coefficient (Wildman–Crippen LogP) is 4.69. The first kappa shape index (κ1) is 22.3. The number of para-hydroxylation sites is 1. The van der Waals surface area contributed by atoms with Crippen molar-refractivity contribution in [2.45, 2.75) is 6.54 Å². The van der Waals surface area contributed by atoms with Crippen LogP contribution in [-0.2, 0) is 13.6 Å². The molecule has 0 aliphatic rings. The Balaban J connectivity index is 1.43. The Bertz CT molecular complexity index is 1590. The fourth-order valence-electron chi connectivity index (χ4n) is 3.69. The van der Waals surface area contributed by atoms with E-state index in [1.165, 1.54) is 12.4 Å². The van der Waals surface area contributed by atoms with E-state index in [-0.39, 0.29) is 11.8 Å². The van der Waals surface area contributed by atoms with Gasteiger partial charge in [-0.2, -0.15) is 10.2 Å². The van der Waals surface area contributed by atoms with Crippen molar-refractivity contribution >= 4 is 22.5 Å². The highest BCUT2D eigenvalue weighted by Gasteiger charge is 2.20. The molecule has 0 fully saturated rings. The highest BCUT2D eigenvalue weighted by molar-refractivity contribution is 6.13. The van der Waals surface area contributed by atoms with E-state index >= 15 is 0 Å². The van der Waals surface area contributed by atoms with Crippen molar-refractivity contribution in [1.29, 1.82) is 0 Å². The van der Waals surface area contributed by atoms with Crippen LogP contribution in [0, 0.1) is 23.3 Å². The van der Waals surface area contributed by atoms with E-state index in [4.69, 9.17) is 0 Å². The molecule has 0 saturated carbocycles. The van der Waals surface area contributed by atoms with Crippen LogP contribution in [0.15, 0.2) is 61.2 Å². The van der Waals surface area contributed by atoms with Crippen molar-refractivity contribution in [3.05, 3.63) is 95.6 Å². The number of carbonyl (C=O) groups is 1. The van der Waals surface area contributed by atoms with E-state index in [0.717, 1.165) is 10.2 Å². The van der Waals surface area contributed by atoms with E-state index in [0.29, 0.717) is 22.2 Å². The second-order valence-electron chi connectivity index (χ2n) is 7.80. The van der Waals surface area contributed by atoms with Gasteiger partial charge in [0.05, 0.1) is 41.4 Å². The van der Waals surface area contributed by atoms with Gasteiger partial charge in [0.1, 0.15) is 5.82 Å². The van der Waals surface area contributed by atoms with Gasteiger partial charge in [0.25, 0.3) is 5.91 Å². The zero-order chi connectivity index (χ0) is 24.7. The summed E-state index contributed by atoms with van der Waals surface area (Å²) in [7, 11) is 1.77. The van der Waals surface area contributed by atoms with Gasteiger partial charge in [-0.25, -0.2) is 22.5 Å². The lowest BCUT2D eigenvalue weighted by atomic mass is 10.0. The second kappa shape index (κ2) is 8.67. The van der Waals surface area contributed by atoms with Crippen LogP contribution in [-0.4, -0.2) is 30.5 Å². The Hall–Kier alpha value is -4.54. The Morgan fingerprint density at radius 1 is 0.971 bits per heavy atom. The normalized spacial score (nSPS) is 11.2. The van der Waals surface area contributed by atoms with Gasteiger partial charge in [-0.05, 0) is 12.1 Å². The molecule has 1 amide bonds. The summed E-state index contributed by atoms with van der Waals surface area (Å²) < 4.78 is 57.4. The molecular weight excluding hydrogens is 464 g/mol. The smallest absolute Gasteiger partial charge is 0.256 e. The van der Waals surface area contributed by atoms with Gasteiger partial charge >= 0.3 is 0 Å². The molecule has 0 unspecified atom stereocenters. The average molecular weight is 480 g/mol. The van der Waals surface area contributed by atoms with Crippen LogP contribution in [0.1, 0.15) is 15.9 Å². The van der Waals surface area contributed by atoms with Gasteiger partial charge in [0.2, 0.25) is 0 Å². The van der Waals surface area contributed by atoms with Gasteiger partial charge in [-0.3, -0.25) is 14.2 Å². The van der Waals surface area contributed by atoms with Crippen LogP contribution in [0.5, 0.6) is 0 Å². The molecule has 35 heavy (non-hydrogen) atoms. The van der Waals surface area contributed by atoms with Gasteiger partial charge in [-0.1, -0.05) is 18.2 Å². The number of fused-ring (bicyclic) bond motifs is 1. The number of halogens is 4. The monoisotopic (exact) mass is 480 g/mol. The minimum atomic E-state index is -1.77. The molecule has 5 aromatic rings. The molecule has 2 aromatic carbocycles. The standard InChI is InChI=1S/C24H16F4N6O/c1-33-10-13(8-29-33)21-6-16(15-4-2-3-5-20(15)32-21)24(35)31-14-9-30-34(11-14)12-17-18(25)7-19(26)23(28)22(17)27/h2-11H,12H2,1H3,(H,31,35). The van der Waals surface area contributed by atoms with E-state index in [2.05, 4.69) is 20.5 Å². The summed E-state index contributed by atoms with van der Waals surface area (Å²) >= 11 is 0. The summed E-state index contributed by atoms with van der Waals surface area (Å²) in [6.07, 6.45) is 6.02. The van der Waals surface area contributed by atoms with Crippen molar-refractivity contribution in [3.63, 3.8) is 0 Å². The first-order valence-corrected chi connectivity index (χ1v) is 10.3. The molecule has 7 nitrogen and oxygen atoms in total. The number of rotatable bonds is 5. The highest BCUT2D eigenvalue weighted by atomic mass is 19.2. The Morgan fingerprint density at radius 2 is 1.77 bits per heavy atom. The SMILES string of the molecule is Cn1cc(-c2cc(C(=O)Nc3cnn(Cc4c(F)cc(F)c(F)c4F)c3)c3ccccc3n2)cn1. The molecule has 176 valence electrons. The number of hydrogen-bond acceptors (Lipinski definition) is 4. The highest BCUT2D eigenvalue weighted by Crippen LogP contribution is 2.26. The third-order valence-corrected chi connectivity index (χ3v) is 5.38. The van der Waals surface area contributed by atoms with Crippen molar-refractivity contribution in [2.75, 3.05) is 5.32 Å². The largest absolute Gasteiger partial charge is 0.319 e. The predicted molar refractivity (Wildman–Crippen MR) is 120 cm³/mol. The summed E-state index contributed by atoms with van der Waals surface area (Å²) in [5, 5.41) is 11.4. The molecule has 1 N–H and O–H groups in total. The Kier molecular flexibility index (Phi) is 5.51. The molecule has 3 heterocycles. The molecule has 0 aliphatic carbocycles. The molecule has 5 rings (SSSR count). The average Bonchev–Trinajstić information content (AvgIpc) is 3.48. The van der Waals surface area contributed by atoms with Crippen LogP contribution in [0.2, 0.25) is 0 Å². The zero-order valence-electron chi connectivity index (χ0n) is 18.1. The van der Waals surface area contributed by atoms with Crippen molar-refractivity contribution in [2.24, 2.45) is 7.05 Å². The third kappa shape index (κ3) is 4.23. The quantitative estimate of drug-likeness (QED) is 0.225. The molecular formula is C24H16F4N6O. The molecule has 0 saturated heterocycles. The molecule has 0 bridgehead atoms. The molecule has 3 aromatic heterocycles. The summed E-state index contributed by atoms with van der Waals surface area (Å²) in [4.78, 5) is 17.8. The molecule has 11 heteroatoms. The number of amides is 1. The topological polar surface area (TPSA) is 77.6 Å². The number of nitrogens with one attached hydrogen (secondary N) is 1. The number of aryl methyl sites for hydroxylation is 1. The maximum absolute atomic E-state index is 14.0. The van der Waals surface area contributed by atoms with E-state index < -0.39 is 41.3 Å². The first-order chi connectivity index (χ1) is 16.8. The molecule has 0 aliphatic heterocycles. The lowest BCUT2D eigenvalue weighted by Gasteiger charge is -2.09. The van der Waals surface area contributed by atoms with Gasteiger partial charge in [-0.15, -0.1) is 0 Å². The number of anilines is 1. The lowest BCUT2D eigenvalue weighted by Crippen LogP contribution is -2.13. The summed E-state index contributed by atoms with van der Waals surface area (Å²) in [6.45, 7) is -0.506. The number of pyridine rings is 1. The van der Waals surface area contributed by atoms with Crippen LogP contribution >= 0.6 is 0 Å². The Morgan fingerprint density at radius 3 is 2.54 bits per heavy atom. The van der Waals surface area contributed by atoms with Crippen LogP contribution in [0.3, 0.4) is 0 Å². The maximum atomic E-state index is 14.0. The third-order valence-electron chi connectivity index (χ3n) is 5.38. The summed E-state index contributed by atoms with van der Waals surface area (Å²) in [6, 6.07) is 9.06. The van der Waals surface area contributed by atoms with Crippen LogP contribution < -0.4 is 5.32 Å². The van der Waals surface area contributed by atoms with Crippen LogP contribution in [0.25, 0.3) is 22.2 Å². The fourth-order valence-corrected chi connectivity index (χ4v) is 3.69. The summed E-state index contributed by atoms with van der Waals surface area (Å²) in [5.74, 6) is -6.72. The fraction of sp³-hybridized carbons (Fsp3) is 0.0833. The maximum Gasteiger partial charge on any atom is 0.256 e. The minimum Gasteiger partial charge on any atom is -0.319 e. The second-order valence-corrected chi connectivity index (χ2v) is 7.80. The number of hydrogen-bond donors (Lipinski definition) is 1. The van der Waals surface area contributed by atoms with E-state index in [1.54, 1.807) is 48.4 Å². The minimum absolute atomic E-state index is 0.238. The number of nitrogens with zero attached hydrogens (tertiary/aromatic N) is 5. The van der Waals surface area contributed by atoms with Crippen molar-refractivity contribution in [1.82, 2.24) is 24.5 Å². The van der Waals surface area contributed by atoms with Gasteiger partial charge < -0.3 is 5.32 Å². The lowest BCUT2D eigenvalue weighted by molar-refractivity contribution is 0.102. The van der Waals surface area contributed by atoms with Gasteiger partial charge in [0.15, 0.2) is 17.5 Å². The zero-order valence-corrected chi connectivity index (χ0v) is 18.1. The van der Waals surface area contributed by atoms with Gasteiger partial charge in [0, 0.05) is 42.0 Å². The molecule has 0 atom stereocenters. The number of carbonyl (C=O) groups excluding carboxylic acids is 1. The summed E-state index contributed by atoms with van der Waals surface area (Å²) in [5.41, 5.74) is 1.80. The van der Waals surface area contributed by atoms with Crippen molar-refractivity contribution < 1.29 is 22.4 Å². The number of aromatic nitrogens is 5. The molecule has 0 spiro atoms. The van der Waals surface area contributed by atoms with E-state index in [9.17, 15) is 22.4 Å². The first-order valence-electron chi connectivity index (χ1n) is 10.3. The van der Waals surface area contributed by atoms with E-state index in [1.807, 2.05) is 6.07 Å². The number of benzene rings is 2. The molecule has 0 radical (unpaired) electrons. The van der Waals surface area contributed by atoms with Crippen molar-refractivity contribution in [3.8, 4) is 11.3 Å².